The lowest BCUT2D eigenvalue weighted by molar-refractivity contribution is 1.53. The Bertz CT molecular complexity index is 1170. The average molecular weight is 345 g/mol. The van der Waals surface area contributed by atoms with Crippen LogP contribution in [0.5, 0.6) is 0 Å². The van der Waals surface area contributed by atoms with E-state index in [1.807, 2.05) is 36.4 Å². The Morgan fingerprint density at radius 1 is 0.556 bits per heavy atom. The molecule has 1 aromatic heterocycles. The molecular weight excluding hydrogens is 326 g/mol. The fraction of sp³-hybridized carbons (Fsp3) is 0. The molecule has 0 atom stereocenters. The molecule has 27 heavy (non-hydrogen) atoms. The highest BCUT2D eigenvalue weighted by molar-refractivity contribution is 6.08. The largest absolute Gasteiger partial charge is 0.353 e. The number of benzene rings is 4. The summed E-state index contributed by atoms with van der Waals surface area (Å²) in [6, 6.07) is 35.1. The van der Waals surface area contributed by atoms with Crippen molar-refractivity contribution in [1.82, 2.24) is 4.98 Å². The van der Waals surface area contributed by atoms with Gasteiger partial charge in [-0.05, 0) is 23.3 Å². The van der Waals surface area contributed by atoms with E-state index in [2.05, 4.69) is 77.6 Å². The average Bonchev–Trinajstić information content (AvgIpc) is 3.14. The highest BCUT2D eigenvalue weighted by atomic mass is 14.7. The maximum absolute atomic E-state index is 5.47. The van der Waals surface area contributed by atoms with E-state index in [1.165, 1.54) is 21.9 Å². The number of rotatable bonds is 1. The van der Waals surface area contributed by atoms with E-state index in [1.54, 1.807) is 0 Å². The number of H-pyrrole nitrogens is 1. The van der Waals surface area contributed by atoms with Crippen LogP contribution < -0.4 is 0 Å². The number of nitrogens with one attached hydrogen (secondary N) is 1. The Hall–Kier alpha value is -3.76. The number of terminal acetylenes is 1. The second kappa shape index (κ2) is 7.64. The van der Waals surface area contributed by atoms with Crippen LogP contribution in [0.4, 0.5) is 0 Å². The van der Waals surface area contributed by atoms with Gasteiger partial charge in [-0.1, -0.05) is 96.9 Å². The summed E-state index contributed by atoms with van der Waals surface area (Å²) in [6.45, 7) is 0. The monoisotopic (exact) mass is 345 g/mol. The molecule has 1 nitrogen and oxygen atoms in total. The van der Waals surface area contributed by atoms with E-state index >= 15 is 0 Å². The molecule has 0 saturated carbocycles. The maximum Gasteiger partial charge on any atom is 0.0623 e. The number of para-hydroxylation sites is 2. The van der Waals surface area contributed by atoms with Crippen LogP contribution in [-0.2, 0) is 0 Å². The van der Waals surface area contributed by atoms with Crippen molar-refractivity contribution < 1.29 is 0 Å². The third kappa shape index (κ3) is 3.47. The first-order valence-electron chi connectivity index (χ1n) is 8.93. The van der Waals surface area contributed by atoms with Gasteiger partial charge in [-0.2, -0.15) is 0 Å². The summed E-state index contributed by atoms with van der Waals surface area (Å²) >= 11 is 0. The molecule has 0 fully saturated rings. The van der Waals surface area contributed by atoms with Gasteiger partial charge in [0.1, 0.15) is 0 Å². The van der Waals surface area contributed by atoms with Crippen LogP contribution in [0.15, 0.2) is 103 Å². The lowest BCUT2D eigenvalue weighted by Gasteiger charge is -1.98. The molecule has 4 aromatic carbocycles. The summed E-state index contributed by atoms with van der Waals surface area (Å²) < 4.78 is 0. The van der Waals surface area contributed by atoms with Gasteiger partial charge in [-0.25, -0.2) is 0 Å². The molecule has 5 rings (SSSR count). The Labute approximate surface area is 159 Å². The van der Waals surface area contributed by atoms with E-state index in [9.17, 15) is 0 Å². The normalized spacial score (nSPS) is 10.2. The molecule has 0 radical (unpaired) electrons. The Morgan fingerprint density at radius 2 is 1.11 bits per heavy atom. The van der Waals surface area contributed by atoms with E-state index < -0.39 is 0 Å². The SMILES string of the molecule is C#Cc1cccc2c1[nH]c1ccccc12.c1ccc(-c2ccccc2)cc1. The topological polar surface area (TPSA) is 15.8 Å². The lowest BCUT2D eigenvalue weighted by Crippen LogP contribution is -1.75. The first-order chi connectivity index (χ1) is 13.4. The molecule has 1 heterocycles. The maximum atomic E-state index is 5.47. The second-order valence-corrected chi connectivity index (χ2v) is 6.28. The third-order valence-electron chi connectivity index (χ3n) is 4.58. The number of hydrogen-bond donors (Lipinski definition) is 1. The van der Waals surface area contributed by atoms with Gasteiger partial charge in [0, 0.05) is 21.9 Å². The molecule has 1 heteroatoms. The molecule has 0 aliphatic rings. The molecule has 1 N–H and O–H groups in total. The first kappa shape index (κ1) is 16.7. The molecule has 128 valence electrons. The van der Waals surface area contributed by atoms with Gasteiger partial charge in [0.15, 0.2) is 0 Å². The summed E-state index contributed by atoms with van der Waals surface area (Å²) in [6.07, 6.45) is 5.47. The standard InChI is InChI=1S/C14H9N.C12H10/c1-2-10-6-5-8-12-11-7-3-4-9-13(11)15-14(10)12;1-3-7-11(8-4-1)12-9-5-2-6-10-12/h1,3-9,15H;1-10H. The van der Waals surface area contributed by atoms with Crippen LogP contribution in [0.25, 0.3) is 32.9 Å². The third-order valence-corrected chi connectivity index (χ3v) is 4.58. The predicted molar refractivity (Wildman–Crippen MR) is 116 cm³/mol. The number of aromatic amines is 1. The smallest absolute Gasteiger partial charge is 0.0623 e. The van der Waals surface area contributed by atoms with E-state index in [-0.39, 0.29) is 0 Å². The highest BCUT2D eigenvalue weighted by Gasteiger charge is 2.05. The highest BCUT2D eigenvalue weighted by Crippen LogP contribution is 2.26. The molecular formula is C26H19N. The zero-order chi connectivity index (χ0) is 18.5. The number of hydrogen-bond acceptors (Lipinski definition) is 0. The minimum absolute atomic E-state index is 0.920. The van der Waals surface area contributed by atoms with Gasteiger partial charge in [0.2, 0.25) is 0 Å². The summed E-state index contributed by atoms with van der Waals surface area (Å²) in [5.41, 5.74) is 5.66. The van der Waals surface area contributed by atoms with Crippen LogP contribution in [0.3, 0.4) is 0 Å². The van der Waals surface area contributed by atoms with Crippen molar-refractivity contribution in [1.29, 1.82) is 0 Å². The molecule has 0 aliphatic carbocycles. The van der Waals surface area contributed by atoms with Crippen LogP contribution in [0.1, 0.15) is 5.56 Å². The summed E-state index contributed by atoms with van der Waals surface area (Å²) in [4.78, 5) is 3.36. The molecule has 0 amide bonds. The van der Waals surface area contributed by atoms with Crippen LogP contribution in [0.2, 0.25) is 0 Å². The number of fused-ring (bicyclic) bond motifs is 3. The van der Waals surface area contributed by atoms with E-state index in [4.69, 9.17) is 6.42 Å². The molecule has 5 aromatic rings. The van der Waals surface area contributed by atoms with Crippen LogP contribution in [0, 0.1) is 12.3 Å². The predicted octanol–water partition coefficient (Wildman–Crippen LogP) is 6.66. The van der Waals surface area contributed by atoms with Crippen molar-refractivity contribution in [2.45, 2.75) is 0 Å². The molecule has 0 bridgehead atoms. The van der Waals surface area contributed by atoms with Crippen LogP contribution >= 0.6 is 0 Å². The lowest BCUT2D eigenvalue weighted by atomic mass is 10.1. The Morgan fingerprint density at radius 3 is 1.74 bits per heavy atom. The van der Waals surface area contributed by atoms with Gasteiger partial charge >= 0.3 is 0 Å². The van der Waals surface area contributed by atoms with Crippen molar-refractivity contribution in [3.8, 4) is 23.5 Å². The second-order valence-electron chi connectivity index (χ2n) is 6.28. The molecule has 0 unspecified atom stereocenters. The molecule has 0 saturated heterocycles. The summed E-state index contributed by atoms with van der Waals surface area (Å²) in [5.74, 6) is 2.70. The van der Waals surface area contributed by atoms with Crippen molar-refractivity contribution >= 4 is 21.8 Å². The Balaban J connectivity index is 0.000000137. The number of aromatic nitrogens is 1. The summed E-state index contributed by atoms with van der Waals surface area (Å²) in [5, 5.41) is 2.42. The van der Waals surface area contributed by atoms with Gasteiger partial charge in [0.25, 0.3) is 0 Å². The van der Waals surface area contributed by atoms with Crippen molar-refractivity contribution in [2.24, 2.45) is 0 Å². The Kier molecular flexibility index (Phi) is 4.72. The van der Waals surface area contributed by atoms with Crippen molar-refractivity contribution in [2.75, 3.05) is 0 Å². The van der Waals surface area contributed by atoms with E-state index in [0.29, 0.717) is 0 Å². The van der Waals surface area contributed by atoms with Gasteiger partial charge in [0.05, 0.1) is 5.52 Å². The fourth-order valence-corrected chi connectivity index (χ4v) is 3.25. The van der Waals surface area contributed by atoms with Gasteiger partial charge in [-0.15, -0.1) is 6.42 Å². The van der Waals surface area contributed by atoms with Crippen molar-refractivity contribution in [3.05, 3.63) is 109 Å². The van der Waals surface area contributed by atoms with Crippen LogP contribution in [-0.4, -0.2) is 4.98 Å². The minimum atomic E-state index is 0.920. The molecule has 0 aliphatic heterocycles. The van der Waals surface area contributed by atoms with Crippen molar-refractivity contribution in [3.63, 3.8) is 0 Å². The van der Waals surface area contributed by atoms with Gasteiger partial charge < -0.3 is 4.98 Å². The summed E-state index contributed by atoms with van der Waals surface area (Å²) in [7, 11) is 0. The van der Waals surface area contributed by atoms with E-state index in [0.717, 1.165) is 16.6 Å². The molecule has 0 spiro atoms. The quantitative estimate of drug-likeness (QED) is 0.327. The zero-order valence-corrected chi connectivity index (χ0v) is 14.9. The zero-order valence-electron chi connectivity index (χ0n) is 14.9. The van der Waals surface area contributed by atoms with Gasteiger partial charge in [-0.3, -0.25) is 0 Å². The minimum Gasteiger partial charge on any atom is -0.353 e. The first-order valence-corrected chi connectivity index (χ1v) is 8.93. The fourth-order valence-electron chi connectivity index (χ4n) is 3.25.